The van der Waals surface area contributed by atoms with Crippen molar-refractivity contribution in [1.29, 1.82) is 0 Å². The fraction of sp³-hybridized carbons (Fsp3) is 0.278. The maximum Gasteiger partial charge on any atom is 0.137 e. The van der Waals surface area contributed by atoms with E-state index in [9.17, 15) is 0 Å². The fourth-order valence-corrected chi connectivity index (χ4v) is 2.71. The van der Waals surface area contributed by atoms with E-state index in [2.05, 4.69) is 60.8 Å². The number of hydrogen-bond acceptors (Lipinski definition) is 2. The highest BCUT2D eigenvalue weighted by molar-refractivity contribution is 5.68. The summed E-state index contributed by atoms with van der Waals surface area (Å²) in [5, 5.41) is 0. The number of nitrogens with zero attached hydrogens (tertiary/aromatic N) is 2. The Kier molecular flexibility index (Phi) is 3.76. The number of hydrogen-bond donors (Lipinski definition) is 1. The molecule has 3 aromatic rings. The largest absolute Gasteiger partial charge is 0.330 e. The molecule has 0 saturated carbocycles. The first kappa shape index (κ1) is 13.8. The third kappa shape index (κ3) is 2.57. The van der Waals surface area contributed by atoms with Crippen LogP contribution in [-0.2, 0) is 12.8 Å². The summed E-state index contributed by atoms with van der Waals surface area (Å²) in [5.74, 6) is 0. The van der Waals surface area contributed by atoms with E-state index in [4.69, 9.17) is 10.7 Å². The lowest BCUT2D eigenvalue weighted by Gasteiger charge is -2.06. The molecule has 0 radical (unpaired) electrons. The number of aryl methyl sites for hydroxylation is 2. The van der Waals surface area contributed by atoms with Gasteiger partial charge in [0.05, 0.1) is 11.4 Å². The number of nitrogens with two attached hydrogens (primary N) is 1. The number of rotatable bonds is 4. The summed E-state index contributed by atoms with van der Waals surface area (Å²) in [6.07, 6.45) is 3.95. The van der Waals surface area contributed by atoms with E-state index in [0.29, 0.717) is 6.54 Å². The molecule has 3 rings (SSSR count). The normalized spacial score (nSPS) is 11.2. The fourth-order valence-electron chi connectivity index (χ4n) is 2.71. The van der Waals surface area contributed by atoms with E-state index in [0.717, 1.165) is 29.9 Å². The molecule has 0 amide bonds. The highest BCUT2D eigenvalue weighted by Gasteiger charge is 2.13. The van der Waals surface area contributed by atoms with Crippen molar-refractivity contribution in [2.75, 3.05) is 6.54 Å². The molecule has 0 bridgehead atoms. The van der Waals surface area contributed by atoms with E-state index >= 15 is 0 Å². The average molecular weight is 279 g/mol. The summed E-state index contributed by atoms with van der Waals surface area (Å²) in [6.45, 7) is 4.88. The molecule has 3 nitrogen and oxygen atoms in total. The van der Waals surface area contributed by atoms with Gasteiger partial charge in [-0.15, -0.1) is 0 Å². The Morgan fingerprint density at radius 3 is 2.57 bits per heavy atom. The zero-order chi connectivity index (χ0) is 14.8. The van der Waals surface area contributed by atoms with Crippen molar-refractivity contribution in [2.24, 2.45) is 5.73 Å². The second-order valence-electron chi connectivity index (χ2n) is 5.43. The first-order valence-electron chi connectivity index (χ1n) is 7.50. The number of fused-ring (bicyclic) bond motifs is 1. The van der Waals surface area contributed by atoms with Gasteiger partial charge in [-0.1, -0.05) is 31.2 Å². The molecule has 3 heteroatoms. The van der Waals surface area contributed by atoms with Crippen LogP contribution < -0.4 is 5.73 Å². The zero-order valence-electron chi connectivity index (χ0n) is 12.6. The summed E-state index contributed by atoms with van der Waals surface area (Å²) >= 11 is 0. The van der Waals surface area contributed by atoms with Gasteiger partial charge in [0.1, 0.15) is 5.65 Å². The number of aromatic nitrogens is 2. The van der Waals surface area contributed by atoms with Gasteiger partial charge in [-0.25, -0.2) is 4.98 Å². The zero-order valence-corrected chi connectivity index (χ0v) is 12.6. The minimum Gasteiger partial charge on any atom is -0.330 e. The number of pyridine rings is 1. The van der Waals surface area contributed by atoms with Crippen LogP contribution in [0.15, 0.2) is 42.6 Å². The van der Waals surface area contributed by atoms with Crippen LogP contribution in [0.3, 0.4) is 0 Å². The summed E-state index contributed by atoms with van der Waals surface area (Å²) in [4.78, 5) is 4.77. The van der Waals surface area contributed by atoms with Crippen molar-refractivity contribution in [3.8, 4) is 11.3 Å². The smallest absolute Gasteiger partial charge is 0.137 e. The molecule has 2 heterocycles. The first-order valence-corrected chi connectivity index (χ1v) is 7.50. The van der Waals surface area contributed by atoms with Crippen LogP contribution in [0, 0.1) is 6.92 Å². The topological polar surface area (TPSA) is 43.3 Å². The van der Waals surface area contributed by atoms with Crippen molar-refractivity contribution < 1.29 is 0 Å². The third-order valence-corrected chi connectivity index (χ3v) is 3.87. The van der Waals surface area contributed by atoms with Crippen molar-refractivity contribution in [2.45, 2.75) is 26.7 Å². The van der Waals surface area contributed by atoms with E-state index < -0.39 is 0 Å². The highest BCUT2D eigenvalue weighted by Crippen LogP contribution is 2.26. The molecule has 2 aromatic heterocycles. The van der Waals surface area contributed by atoms with Crippen LogP contribution in [0.25, 0.3) is 16.9 Å². The molecular formula is C18H21N3. The Morgan fingerprint density at radius 1 is 1.14 bits per heavy atom. The Hall–Kier alpha value is -2.13. The lowest BCUT2D eigenvalue weighted by Crippen LogP contribution is -2.04. The Bertz CT molecular complexity index is 754. The molecule has 2 N–H and O–H groups in total. The monoisotopic (exact) mass is 279 g/mol. The molecule has 0 unspecified atom stereocenters. The van der Waals surface area contributed by atoms with Gasteiger partial charge in [0.25, 0.3) is 0 Å². The summed E-state index contributed by atoms with van der Waals surface area (Å²) in [7, 11) is 0. The predicted molar refractivity (Wildman–Crippen MR) is 87.5 cm³/mol. The van der Waals surface area contributed by atoms with E-state index in [1.807, 2.05) is 0 Å². The van der Waals surface area contributed by atoms with Gasteiger partial charge < -0.3 is 5.73 Å². The average Bonchev–Trinajstić information content (AvgIpc) is 2.85. The van der Waals surface area contributed by atoms with Crippen LogP contribution in [0.4, 0.5) is 0 Å². The molecule has 0 aliphatic heterocycles. The minimum atomic E-state index is 0.614. The van der Waals surface area contributed by atoms with E-state index in [-0.39, 0.29) is 0 Å². The van der Waals surface area contributed by atoms with Crippen LogP contribution in [0.2, 0.25) is 0 Å². The van der Waals surface area contributed by atoms with Gasteiger partial charge >= 0.3 is 0 Å². The van der Waals surface area contributed by atoms with Gasteiger partial charge in [-0.05, 0) is 43.1 Å². The lowest BCUT2D eigenvalue weighted by atomic mass is 10.1. The minimum absolute atomic E-state index is 0.614. The SMILES string of the molecule is CCc1ccc(-c2c(CCN)nc3cc(C)ccn23)cc1. The molecule has 0 saturated heterocycles. The standard InChI is InChI=1S/C18H21N3/c1-3-14-4-6-15(7-5-14)18-16(8-10-19)20-17-12-13(2)9-11-21(17)18/h4-7,9,11-12H,3,8,10,19H2,1-2H3. The first-order chi connectivity index (χ1) is 10.2. The molecule has 0 atom stereocenters. The molecule has 0 aliphatic rings. The van der Waals surface area contributed by atoms with Crippen molar-refractivity contribution in [1.82, 2.24) is 9.38 Å². The van der Waals surface area contributed by atoms with Crippen LogP contribution in [0.1, 0.15) is 23.7 Å². The van der Waals surface area contributed by atoms with Crippen LogP contribution in [0.5, 0.6) is 0 Å². The summed E-state index contributed by atoms with van der Waals surface area (Å²) in [5.41, 5.74) is 12.8. The maximum absolute atomic E-state index is 5.76. The van der Waals surface area contributed by atoms with Crippen molar-refractivity contribution in [3.63, 3.8) is 0 Å². The van der Waals surface area contributed by atoms with E-state index in [1.54, 1.807) is 0 Å². The van der Waals surface area contributed by atoms with Crippen LogP contribution in [-0.4, -0.2) is 15.9 Å². The molecule has 0 spiro atoms. The van der Waals surface area contributed by atoms with Gasteiger partial charge in [-0.3, -0.25) is 4.40 Å². The molecule has 0 aliphatic carbocycles. The second-order valence-corrected chi connectivity index (χ2v) is 5.43. The Balaban J connectivity index is 2.20. The molecular weight excluding hydrogens is 258 g/mol. The summed E-state index contributed by atoms with van der Waals surface area (Å²) in [6, 6.07) is 13.0. The second kappa shape index (κ2) is 5.70. The summed E-state index contributed by atoms with van der Waals surface area (Å²) < 4.78 is 2.17. The van der Waals surface area contributed by atoms with Gasteiger partial charge in [-0.2, -0.15) is 0 Å². The highest BCUT2D eigenvalue weighted by atomic mass is 15.0. The number of imidazole rings is 1. The molecule has 21 heavy (non-hydrogen) atoms. The van der Waals surface area contributed by atoms with Gasteiger partial charge in [0.15, 0.2) is 0 Å². The molecule has 1 aromatic carbocycles. The Morgan fingerprint density at radius 2 is 1.90 bits per heavy atom. The van der Waals surface area contributed by atoms with Crippen molar-refractivity contribution >= 4 is 5.65 Å². The number of benzene rings is 1. The molecule has 0 fully saturated rings. The quantitative estimate of drug-likeness (QED) is 0.795. The lowest BCUT2D eigenvalue weighted by molar-refractivity contribution is 0.939. The predicted octanol–water partition coefficient (Wildman–Crippen LogP) is 3.37. The van der Waals surface area contributed by atoms with Gasteiger partial charge in [0.2, 0.25) is 0 Å². The molecule has 108 valence electrons. The van der Waals surface area contributed by atoms with Crippen LogP contribution >= 0.6 is 0 Å². The van der Waals surface area contributed by atoms with Crippen molar-refractivity contribution in [3.05, 3.63) is 59.4 Å². The van der Waals surface area contributed by atoms with E-state index in [1.165, 1.54) is 16.7 Å². The Labute approximate surface area is 125 Å². The maximum atomic E-state index is 5.76. The third-order valence-electron chi connectivity index (χ3n) is 3.87. The van der Waals surface area contributed by atoms with Gasteiger partial charge in [0, 0.05) is 18.2 Å².